The average Bonchev–Trinajstić information content (AvgIpc) is 2.61. The lowest BCUT2D eigenvalue weighted by Gasteiger charge is -2.41. The number of methoxy groups -OCH3 is 1. The molecule has 3 rings (SSSR count). The molecule has 1 spiro atoms. The number of anilines is 1. The van der Waals surface area contributed by atoms with E-state index in [4.69, 9.17) is 9.47 Å². The highest BCUT2D eigenvalue weighted by Gasteiger charge is 2.39. The Kier molecular flexibility index (Phi) is 3.07. The smallest absolute Gasteiger partial charge is 0.228 e. The topological polar surface area (TPSA) is 47.5 Å². The van der Waals surface area contributed by atoms with Gasteiger partial charge in [-0.15, -0.1) is 0 Å². The summed E-state index contributed by atoms with van der Waals surface area (Å²) in [4.78, 5) is 11.0. The Morgan fingerprint density at radius 3 is 2.94 bits per heavy atom. The minimum Gasteiger partial charge on any atom is -0.481 e. The molecule has 0 amide bonds. The molecule has 0 bridgehead atoms. The Balaban J connectivity index is 1.72. The summed E-state index contributed by atoms with van der Waals surface area (Å²) in [5.74, 6) is 1.39. The van der Waals surface area contributed by atoms with Crippen molar-refractivity contribution >= 4 is 5.95 Å². The fraction of sp³-hybridized carbons (Fsp3) is 0.692. The van der Waals surface area contributed by atoms with Crippen molar-refractivity contribution in [2.45, 2.75) is 31.3 Å². The highest BCUT2D eigenvalue weighted by atomic mass is 16.5. The molecule has 1 aromatic heterocycles. The Labute approximate surface area is 107 Å². The van der Waals surface area contributed by atoms with Crippen LogP contribution in [0.15, 0.2) is 12.3 Å². The monoisotopic (exact) mass is 249 g/mol. The molecule has 5 nitrogen and oxygen atoms in total. The first-order valence-electron chi connectivity index (χ1n) is 6.57. The molecular weight excluding hydrogens is 230 g/mol. The summed E-state index contributed by atoms with van der Waals surface area (Å²) >= 11 is 0. The average molecular weight is 249 g/mol. The first kappa shape index (κ1) is 11.7. The van der Waals surface area contributed by atoms with Gasteiger partial charge in [-0.1, -0.05) is 0 Å². The van der Waals surface area contributed by atoms with Crippen LogP contribution in [0.4, 0.5) is 5.95 Å². The molecule has 98 valence electrons. The number of hydrogen-bond donors (Lipinski definition) is 0. The van der Waals surface area contributed by atoms with E-state index in [1.807, 2.05) is 0 Å². The lowest BCUT2D eigenvalue weighted by molar-refractivity contribution is -0.152. The second-order valence-electron chi connectivity index (χ2n) is 5.02. The minimum absolute atomic E-state index is 0.160. The van der Waals surface area contributed by atoms with Gasteiger partial charge in [-0.3, -0.25) is 0 Å². The van der Waals surface area contributed by atoms with Gasteiger partial charge in [-0.05, 0) is 25.7 Å². The van der Waals surface area contributed by atoms with Gasteiger partial charge in [0.05, 0.1) is 19.3 Å². The van der Waals surface area contributed by atoms with Gasteiger partial charge in [-0.2, -0.15) is 4.98 Å². The van der Waals surface area contributed by atoms with Gasteiger partial charge in [0.2, 0.25) is 11.8 Å². The maximum Gasteiger partial charge on any atom is 0.228 e. The molecule has 1 atom stereocenters. The van der Waals surface area contributed by atoms with Gasteiger partial charge in [0, 0.05) is 25.4 Å². The lowest BCUT2D eigenvalue weighted by Crippen LogP contribution is -2.44. The number of rotatable bonds is 2. The van der Waals surface area contributed by atoms with Gasteiger partial charge < -0.3 is 14.4 Å². The molecule has 0 N–H and O–H groups in total. The summed E-state index contributed by atoms with van der Waals surface area (Å²) in [6, 6.07) is 1.78. The first-order chi connectivity index (χ1) is 8.81. The molecule has 1 unspecified atom stereocenters. The van der Waals surface area contributed by atoms with Crippen LogP contribution in [0.25, 0.3) is 0 Å². The third kappa shape index (κ3) is 2.14. The zero-order valence-corrected chi connectivity index (χ0v) is 10.8. The Bertz CT molecular complexity index is 420. The quantitative estimate of drug-likeness (QED) is 0.797. The molecule has 2 saturated heterocycles. The molecule has 1 aromatic rings. The predicted octanol–water partition coefficient (Wildman–Crippen LogP) is 1.63. The third-order valence-corrected chi connectivity index (χ3v) is 3.97. The maximum atomic E-state index is 5.78. The normalized spacial score (nSPS) is 27.7. The van der Waals surface area contributed by atoms with Crippen molar-refractivity contribution in [1.29, 1.82) is 0 Å². The van der Waals surface area contributed by atoms with Crippen LogP contribution in [0, 0.1) is 0 Å². The molecule has 5 heteroatoms. The molecule has 3 heterocycles. The Morgan fingerprint density at radius 1 is 1.33 bits per heavy atom. The van der Waals surface area contributed by atoms with Crippen LogP contribution in [-0.4, -0.2) is 42.4 Å². The van der Waals surface area contributed by atoms with E-state index in [-0.39, 0.29) is 5.60 Å². The Morgan fingerprint density at radius 2 is 2.22 bits per heavy atom. The summed E-state index contributed by atoms with van der Waals surface area (Å²) in [5.41, 5.74) is 0.160. The fourth-order valence-corrected chi connectivity index (χ4v) is 2.75. The van der Waals surface area contributed by atoms with Crippen molar-refractivity contribution in [1.82, 2.24) is 9.97 Å². The van der Waals surface area contributed by atoms with Crippen LogP contribution in [0.1, 0.15) is 25.7 Å². The van der Waals surface area contributed by atoms with E-state index in [0.29, 0.717) is 5.88 Å². The summed E-state index contributed by atoms with van der Waals surface area (Å²) in [6.07, 6.45) is 6.34. The van der Waals surface area contributed by atoms with Crippen LogP contribution in [-0.2, 0) is 4.74 Å². The van der Waals surface area contributed by atoms with Crippen LogP contribution >= 0.6 is 0 Å². The highest BCUT2D eigenvalue weighted by Crippen LogP contribution is 2.37. The van der Waals surface area contributed by atoms with E-state index in [0.717, 1.165) is 44.9 Å². The number of nitrogens with zero attached hydrogens (tertiary/aromatic N) is 3. The molecule has 18 heavy (non-hydrogen) atoms. The van der Waals surface area contributed by atoms with Gasteiger partial charge in [-0.25, -0.2) is 4.98 Å². The number of hydrogen-bond acceptors (Lipinski definition) is 5. The van der Waals surface area contributed by atoms with Gasteiger partial charge in [0.25, 0.3) is 0 Å². The molecule has 0 radical (unpaired) electrons. The largest absolute Gasteiger partial charge is 0.481 e. The van der Waals surface area contributed by atoms with Crippen molar-refractivity contribution < 1.29 is 9.47 Å². The van der Waals surface area contributed by atoms with Gasteiger partial charge >= 0.3 is 0 Å². The SMILES string of the molecule is COc1ccnc(N2CCCC3(CCO3)CC2)n1. The van der Waals surface area contributed by atoms with Gasteiger partial charge in [0.15, 0.2) is 0 Å². The minimum atomic E-state index is 0.160. The molecule has 0 aliphatic carbocycles. The van der Waals surface area contributed by atoms with Crippen molar-refractivity contribution in [2.24, 2.45) is 0 Å². The fourth-order valence-electron chi connectivity index (χ4n) is 2.75. The van der Waals surface area contributed by atoms with E-state index in [2.05, 4.69) is 14.9 Å². The lowest BCUT2D eigenvalue weighted by atomic mass is 9.87. The van der Waals surface area contributed by atoms with Gasteiger partial charge in [0.1, 0.15) is 0 Å². The molecule has 2 fully saturated rings. The zero-order chi connectivity index (χ0) is 12.4. The van der Waals surface area contributed by atoms with E-state index >= 15 is 0 Å². The van der Waals surface area contributed by atoms with Crippen molar-refractivity contribution in [3.63, 3.8) is 0 Å². The predicted molar refractivity (Wildman–Crippen MR) is 67.9 cm³/mol. The Hall–Kier alpha value is -1.36. The summed E-state index contributed by atoms with van der Waals surface area (Å²) < 4.78 is 10.9. The molecule has 2 aliphatic heterocycles. The summed E-state index contributed by atoms with van der Waals surface area (Å²) in [6.45, 7) is 2.89. The van der Waals surface area contributed by atoms with Crippen molar-refractivity contribution in [3.05, 3.63) is 12.3 Å². The van der Waals surface area contributed by atoms with Crippen LogP contribution in [0.2, 0.25) is 0 Å². The standard InChI is InChI=1S/C13H19N3O2/c1-17-11-3-7-14-12(15-11)16-8-2-4-13(5-9-16)6-10-18-13/h3,7H,2,4-6,8-10H2,1H3. The van der Waals surface area contributed by atoms with E-state index in [1.54, 1.807) is 19.4 Å². The van der Waals surface area contributed by atoms with Crippen molar-refractivity contribution in [2.75, 3.05) is 31.7 Å². The van der Waals surface area contributed by atoms with Crippen LogP contribution < -0.4 is 9.64 Å². The second kappa shape index (κ2) is 4.72. The highest BCUT2D eigenvalue weighted by molar-refractivity contribution is 5.32. The van der Waals surface area contributed by atoms with E-state index in [1.165, 1.54) is 6.42 Å². The first-order valence-corrected chi connectivity index (χ1v) is 6.57. The number of aromatic nitrogens is 2. The summed E-state index contributed by atoms with van der Waals surface area (Å²) in [5, 5.41) is 0. The van der Waals surface area contributed by atoms with Crippen molar-refractivity contribution in [3.8, 4) is 5.88 Å². The number of ether oxygens (including phenoxy) is 2. The zero-order valence-electron chi connectivity index (χ0n) is 10.8. The second-order valence-corrected chi connectivity index (χ2v) is 5.02. The molecule has 0 saturated carbocycles. The van der Waals surface area contributed by atoms with Crippen LogP contribution in [0.3, 0.4) is 0 Å². The van der Waals surface area contributed by atoms with E-state index < -0.39 is 0 Å². The maximum absolute atomic E-state index is 5.78. The molecule has 0 aromatic carbocycles. The van der Waals surface area contributed by atoms with Crippen LogP contribution in [0.5, 0.6) is 5.88 Å². The molecular formula is C13H19N3O2. The summed E-state index contributed by atoms with van der Waals surface area (Å²) in [7, 11) is 1.63. The van der Waals surface area contributed by atoms with E-state index in [9.17, 15) is 0 Å². The third-order valence-electron chi connectivity index (χ3n) is 3.97. The molecule has 2 aliphatic rings.